The molecule has 0 spiro atoms. The lowest BCUT2D eigenvalue weighted by Gasteiger charge is -2.10. The summed E-state index contributed by atoms with van der Waals surface area (Å²) in [4.78, 5) is 15.5. The summed E-state index contributed by atoms with van der Waals surface area (Å²) in [6, 6.07) is 3.34. The second kappa shape index (κ2) is 6.75. The van der Waals surface area contributed by atoms with Crippen molar-refractivity contribution in [2.75, 3.05) is 18.1 Å². The maximum atomic E-state index is 11.4. The third-order valence-electron chi connectivity index (χ3n) is 1.92. The normalized spacial score (nSPS) is 11.9. The van der Waals surface area contributed by atoms with Crippen molar-refractivity contribution in [1.82, 2.24) is 10.3 Å². The Labute approximate surface area is 108 Å². The van der Waals surface area contributed by atoms with Crippen molar-refractivity contribution >= 4 is 39.5 Å². The molecule has 88 valence electrons. The molecule has 1 atom stereocenters. The number of amides is 2. The molecule has 16 heavy (non-hydrogen) atoms. The van der Waals surface area contributed by atoms with Gasteiger partial charge in [-0.2, -0.15) is 11.8 Å². The van der Waals surface area contributed by atoms with Crippen LogP contribution in [0.1, 0.15) is 6.92 Å². The molecule has 0 saturated heterocycles. The minimum atomic E-state index is -0.226. The summed E-state index contributed by atoms with van der Waals surface area (Å²) in [5.41, 5.74) is 0. The van der Waals surface area contributed by atoms with Gasteiger partial charge in [0.1, 0.15) is 5.82 Å². The van der Waals surface area contributed by atoms with Crippen molar-refractivity contribution in [3.05, 3.63) is 22.8 Å². The molecular weight excluding hydrogens is 290 g/mol. The molecule has 1 aromatic heterocycles. The van der Waals surface area contributed by atoms with E-state index in [-0.39, 0.29) is 6.03 Å². The second-order valence-corrected chi connectivity index (χ2v) is 5.43. The van der Waals surface area contributed by atoms with Crippen LogP contribution in [0.5, 0.6) is 0 Å². The van der Waals surface area contributed by atoms with Crippen LogP contribution in [0.25, 0.3) is 0 Å². The topological polar surface area (TPSA) is 54.0 Å². The van der Waals surface area contributed by atoms with Crippen molar-refractivity contribution < 1.29 is 4.79 Å². The van der Waals surface area contributed by atoms with Crippen molar-refractivity contribution in [3.8, 4) is 0 Å². The van der Waals surface area contributed by atoms with Crippen LogP contribution in [-0.2, 0) is 0 Å². The molecule has 0 fully saturated rings. The monoisotopic (exact) mass is 303 g/mol. The van der Waals surface area contributed by atoms with Crippen LogP contribution in [0.3, 0.4) is 0 Å². The average Bonchev–Trinajstić information content (AvgIpc) is 2.29. The number of carbonyl (C=O) groups excluding carboxylic acids is 1. The van der Waals surface area contributed by atoms with Gasteiger partial charge in [0.25, 0.3) is 0 Å². The quantitative estimate of drug-likeness (QED) is 0.899. The molecule has 0 unspecified atom stereocenters. The lowest BCUT2D eigenvalue weighted by atomic mass is 10.4. The zero-order valence-corrected chi connectivity index (χ0v) is 11.6. The SMILES string of the molecule is CS[C@H](C)CNC(=O)Nc1ccc(Br)cn1. The van der Waals surface area contributed by atoms with Gasteiger partial charge in [0.05, 0.1) is 0 Å². The Morgan fingerprint density at radius 1 is 1.62 bits per heavy atom. The number of pyridine rings is 1. The van der Waals surface area contributed by atoms with E-state index in [1.54, 1.807) is 24.0 Å². The van der Waals surface area contributed by atoms with Crippen LogP contribution >= 0.6 is 27.7 Å². The fourth-order valence-electron chi connectivity index (χ4n) is 0.930. The molecule has 0 saturated carbocycles. The number of carbonyl (C=O) groups is 1. The maximum absolute atomic E-state index is 11.4. The number of nitrogens with zero attached hydrogens (tertiary/aromatic N) is 1. The van der Waals surface area contributed by atoms with E-state index in [0.29, 0.717) is 17.6 Å². The van der Waals surface area contributed by atoms with Crippen molar-refractivity contribution in [1.29, 1.82) is 0 Å². The predicted octanol–water partition coefficient (Wildman–Crippen LogP) is 2.72. The summed E-state index contributed by atoms with van der Waals surface area (Å²) in [6.07, 6.45) is 3.65. The molecule has 1 aromatic rings. The molecule has 0 aliphatic heterocycles. The standard InChI is InChI=1S/C10H14BrN3OS/c1-7(16-2)5-13-10(15)14-9-4-3-8(11)6-12-9/h3-4,6-7H,5H2,1-2H3,(H2,12,13,14,15)/t7-/m1/s1. The van der Waals surface area contributed by atoms with Crippen LogP contribution in [0, 0.1) is 0 Å². The smallest absolute Gasteiger partial charge is 0.320 e. The molecule has 1 heterocycles. The van der Waals surface area contributed by atoms with Gasteiger partial charge in [-0.25, -0.2) is 9.78 Å². The van der Waals surface area contributed by atoms with E-state index < -0.39 is 0 Å². The molecule has 0 aromatic carbocycles. The molecule has 4 nitrogen and oxygen atoms in total. The number of halogens is 1. The largest absolute Gasteiger partial charge is 0.337 e. The van der Waals surface area contributed by atoms with E-state index >= 15 is 0 Å². The lowest BCUT2D eigenvalue weighted by Crippen LogP contribution is -2.33. The van der Waals surface area contributed by atoms with Gasteiger partial charge in [0, 0.05) is 22.5 Å². The summed E-state index contributed by atoms with van der Waals surface area (Å²) in [6.45, 7) is 2.70. The molecule has 0 aliphatic rings. The second-order valence-electron chi connectivity index (χ2n) is 3.24. The van der Waals surface area contributed by atoms with E-state index in [4.69, 9.17) is 0 Å². The van der Waals surface area contributed by atoms with Gasteiger partial charge in [-0.1, -0.05) is 6.92 Å². The first-order chi connectivity index (χ1) is 7.61. The van der Waals surface area contributed by atoms with E-state index in [2.05, 4.69) is 38.5 Å². The highest BCUT2D eigenvalue weighted by Gasteiger charge is 2.04. The number of nitrogens with one attached hydrogen (secondary N) is 2. The Balaban J connectivity index is 2.37. The number of anilines is 1. The van der Waals surface area contributed by atoms with Crippen molar-refractivity contribution in [2.24, 2.45) is 0 Å². The molecule has 0 bridgehead atoms. The third-order valence-corrected chi connectivity index (χ3v) is 3.36. The zero-order chi connectivity index (χ0) is 12.0. The Morgan fingerprint density at radius 2 is 2.38 bits per heavy atom. The van der Waals surface area contributed by atoms with Crippen LogP contribution < -0.4 is 10.6 Å². The van der Waals surface area contributed by atoms with Crippen LogP contribution in [-0.4, -0.2) is 29.1 Å². The fourth-order valence-corrected chi connectivity index (χ4v) is 1.41. The van der Waals surface area contributed by atoms with Gasteiger partial charge >= 0.3 is 6.03 Å². The molecular formula is C10H14BrN3OS. The van der Waals surface area contributed by atoms with Gasteiger partial charge in [-0.05, 0) is 34.3 Å². The molecule has 0 radical (unpaired) electrons. The number of rotatable bonds is 4. The fraction of sp³-hybridized carbons (Fsp3) is 0.400. The number of hydrogen-bond donors (Lipinski definition) is 2. The lowest BCUT2D eigenvalue weighted by molar-refractivity contribution is 0.252. The number of aromatic nitrogens is 1. The Kier molecular flexibility index (Phi) is 5.62. The van der Waals surface area contributed by atoms with Gasteiger partial charge in [-0.3, -0.25) is 5.32 Å². The Hall–Kier alpha value is -0.750. The molecule has 2 N–H and O–H groups in total. The number of urea groups is 1. The summed E-state index contributed by atoms with van der Waals surface area (Å²) < 4.78 is 0.884. The molecule has 2 amide bonds. The first kappa shape index (κ1) is 13.3. The van der Waals surface area contributed by atoms with Crippen molar-refractivity contribution in [3.63, 3.8) is 0 Å². The van der Waals surface area contributed by atoms with Gasteiger partial charge in [-0.15, -0.1) is 0 Å². The highest BCUT2D eigenvalue weighted by Crippen LogP contribution is 2.10. The predicted molar refractivity (Wildman–Crippen MR) is 71.9 cm³/mol. The third kappa shape index (κ3) is 4.85. The van der Waals surface area contributed by atoms with E-state index in [0.717, 1.165) is 4.47 Å². The molecule has 0 aliphatic carbocycles. The van der Waals surface area contributed by atoms with E-state index in [1.165, 1.54) is 0 Å². The summed E-state index contributed by atoms with van der Waals surface area (Å²) in [5, 5.41) is 5.84. The first-order valence-electron chi connectivity index (χ1n) is 4.81. The Bertz CT molecular complexity index is 344. The Morgan fingerprint density at radius 3 is 2.94 bits per heavy atom. The van der Waals surface area contributed by atoms with E-state index in [1.807, 2.05) is 12.3 Å². The highest BCUT2D eigenvalue weighted by atomic mass is 79.9. The highest BCUT2D eigenvalue weighted by molar-refractivity contribution is 9.10. The molecule has 1 rings (SSSR count). The number of thioether (sulfide) groups is 1. The summed E-state index contributed by atoms with van der Waals surface area (Å²) >= 11 is 4.99. The van der Waals surface area contributed by atoms with Crippen LogP contribution in [0.15, 0.2) is 22.8 Å². The van der Waals surface area contributed by atoms with Crippen LogP contribution in [0.4, 0.5) is 10.6 Å². The molecule has 6 heteroatoms. The minimum Gasteiger partial charge on any atom is -0.337 e. The number of hydrogen-bond acceptors (Lipinski definition) is 3. The van der Waals surface area contributed by atoms with Crippen molar-refractivity contribution in [2.45, 2.75) is 12.2 Å². The van der Waals surface area contributed by atoms with Gasteiger partial charge in [0.15, 0.2) is 0 Å². The minimum absolute atomic E-state index is 0.226. The first-order valence-corrected chi connectivity index (χ1v) is 6.89. The van der Waals surface area contributed by atoms with E-state index in [9.17, 15) is 4.79 Å². The zero-order valence-electron chi connectivity index (χ0n) is 9.16. The maximum Gasteiger partial charge on any atom is 0.320 e. The summed E-state index contributed by atoms with van der Waals surface area (Å²) in [5.74, 6) is 0.539. The average molecular weight is 304 g/mol. The summed E-state index contributed by atoms with van der Waals surface area (Å²) in [7, 11) is 0. The van der Waals surface area contributed by atoms with Gasteiger partial charge < -0.3 is 5.32 Å². The van der Waals surface area contributed by atoms with Gasteiger partial charge in [0.2, 0.25) is 0 Å². The van der Waals surface area contributed by atoms with Crippen LogP contribution in [0.2, 0.25) is 0 Å².